The summed E-state index contributed by atoms with van der Waals surface area (Å²) in [5.74, 6) is 0.383. The molecule has 25 heavy (non-hydrogen) atoms. The first-order chi connectivity index (χ1) is 11.7. The molecule has 3 heterocycles. The molecule has 0 spiro atoms. The van der Waals surface area contributed by atoms with Crippen LogP contribution in [-0.2, 0) is 11.3 Å². The molecule has 1 fully saturated rings. The van der Waals surface area contributed by atoms with Gasteiger partial charge in [0.05, 0.1) is 0 Å². The Bertz CT molecular complexity index is 785. The molecule has 0 aromatic carbocycles. The minimum absolute atomic E-state index is 0.00369. The van der Waals surface area contributed by atoms with E-state index in [4.69, 9.17) is 4.74 Å². The van der Waals surface area contributed by atoms with E-state index < -0.39 is 5.60 Å². The van der Waals surface area contributed by atoms with Crippen molar-refractivity contribution >= 4 is 18.2 Å². The number of likely N-dealkylation sites (tertiary alicyclic amines) is 1. The molecule has 2 atom stereocenters. The van der Waals surface area contributed by atoms with Gasteiger partial charge in [-0.05, 0) is 44.7 Å². The summed E-state index contributed by atoms with van der Waals surface area (Å²) in [5.41, 5.74) is 2.02. The van der Waals surface area contributed by atoms with Crippen LogP contribution in [0.4, 0.5) is 4.79 Å². The maximum absolute atomic E-state index is 12.7. The van der Waals surface area contributed by atoms with Gasteiger partial charge < -0.3 is 14.2 Å². The summed E-state index contributed by atoms with van der Waals surface area (Å²) < 4.78 is 7.39. The van der Waals surface area contributed by atoms with Crippen molar-refractivity contribution < 1.29 is 9.53 Å². The van der Waals surface area contributed by atoms with E-state index in [1.807, 2.05) is 31.4 Å². The largest absolute Gasteiger partial charge is 0.444 e. The summed E-state index contributed by atoms with van der Waals surface area (Å²) in [6.07, 6.45) is 4.08. The van der Waals surface area contributed by atoms with E-state index in [1.54, 1.807) is 17.1 Å². The Hall–Kier alpha value is -2.30. The number of ether oxygens (including phenoxy) is 1. The molecule has 0 saturated carbocycles. The van der Waals surface area contributed by atoms with Crippen molar-refractivity contribution in [1.29, 1.82) is 0 Å². The van der Waals surface area contributed by atoms with E-state index in [0.717, 1.165) is 17.7 Å². The van der Waals surface area contributed by atoms with Gasteiger partial charge in [-0.1, -0.05) is 25.3 Å². The number of carbonyl (C=O) groups excluding carboxylic acids is 1. The van der Waals surface area contributed by atoms with Crippen molar-refractivity contribution in [1.82, 2.24) is 9.47 Å². The lowest BCUT2D eigenvalue weighted by atomic mass is 9.81. The molecule has 5 nitrogen and oxygen atoms in total. The Labute approximate surface area is 148 Å². The lowest BCUT2D eigenvalue weighted by molar-refractivity contribution is 0.0101. The van der Waals surface area contributed by atoms with Crippen LogP contribution in [0.2, 0.25) is 0 Å². The number of pyridine rings is 1. The monoisotopic (exact) mass is 342 g/mol. The molecule has 2 aliphatic heterocycles. The normalized spacial score (nSPS) is 22.1. The zero-order valence-corrected chi connectivity index (χ0v) is 15.2. The Morgan fingerprint density at radius 2 is 1.88 bits per heavy atom. The van der Waals surface area contributed by atoms with E-state index in [0.29, 0.717) is 25.2 Å². The maximum atomic E-state index is 12.7. The lowest BCUT2D eigenvalue weighted by Gasteiger charge is -2.43. The van der Waals surface area contributed by atoms with Crippen LogP contribution in [0.25, 0.3) is 12.2 Å². The minimum Gasteiger partial charge on any atom is -0.444 e. The van der Waals surface area contributed by atoms with Gasteiger partial charge in [-0.15, -0.1) is 0 Å². The SMILES string of the molecule is C=Cc1cc(C=C)c(=O)n2c1C1CC(CN(C(=O)OC(C)(C)C)C1)C2. The summed E-state index contributed by atoms with van der Waals surface area (Å²) in [5, 5.41) is 0. The van der Waals surface area contributed by atoms with Crippen molar-refractivity contribution in [3.05, 3.63) is 46.4 Å². The number of piperidine rings is 1. The molecule has 5 heteroatoms. The van der Waals surface area contributed by atoms with Crippen molar-refractivity contribution in [2.24, 2.45) is 5.92 Å². The Morgan fingerprint density at radius 3 is 2.48 bits per heavy atom. The molecule has 1 saturated heterocycles. The molecule has 2 unspecified atom stereocenters. The molecule has 0 aliphatic carbocycles. The van der Waals surface area contributed by atoms with Crippen LogP contribution in [-0.4, -0.2) is 34.3 Å². The van der Waals surface area contributed by atoms with Crippen molar-refractivity contribution in [3.8, 4) is 0 Å². The first-order valence-corrected chi connectivity index (χ1v) is 8.74. The molecule has 1 aromatic rings. The van der Waals surface area contributed by atoms with Gasteiger partial charge >= 0.3 is 6.09 Å². The van der Waals surface area contributed by atoms with E-state index in [9.17, 15) is 9.59 Å². The van der Waals surface area contributed by atoms with Crippen LogP contribution in [0.15, 0.2) is 24.0 Å². The van der Waals surface area contributed by atoms with Gasteiger partial charge in [0.1, 0.15) is 5.60 Å². The third-order valence-corrected chi connectivity index (χ3v) is 4.85. The van der Waals surface area contributed by atoms with Crippen LogP contribution in [0, 0.1) is 5.92 Å². The highest BCUT2D eigenvalue weighted by Gasteiger charge is 2.38. The van der Waals surface area contributed by atoms with E-state index in [-0.39, 0.29) is 23.5 Å². The second-order valence-corrected chi connectivity index (χ2v) is 7.95. The molecule has 0 radical (unpaired) electrons. The van der Waals surface area contributed by atoms with Gasteiger partial charge in [0.25, 0.3) is 5.56 Å². The molecule has 1 amide bonds. The number of amides is 1. The number of rotatable bonds is 2. The Morgan fingerprint density at radius 1 is 1.20 bits per heavy atom. The number of hydrogen-bond donors (Lipinski definition) is 0. The van der Waals surface area contributed by atoms with Gasteiger partial charge in [-0.3, -0.25) is 4.79 Å². The maximum Gasteiger partial charge on any atom is 0.410 e. The van der Waals surface area contributed by atoms with Gasteiger partial charge in [0, 0.05) is 36.8 Å². The van der Waals surface area contributed by atoms with Crippen molar-refractivity contribution in [2.75, 3.05) is 13.1 Å². The molecule has 2 bridgehead atoms. The zero-order valence-electron chi connectivity index (χ0n) is 15.2. The standard InChI is InChI=1S/C20H26N2O3/c1-6-14-9-15(7-2)18(23)22-11-13-8-16(17(14)22)12-21(10-13)19(24)25-20(3,4)5/h6-7,9,13,16H,1-2,8,10-12H2,3-5H3. The molecule has 0 N–H and O–H groups in total. The third-order valence-electron chi connectivity index (χ3n) is 4.85. The first-order valence-electron chi connectivity index (χ1n) is 8.74. The molecule has 1 aromatic heterocycles. The highest BCUT2D eigenvalue weighted by atomic mass is 16.6. The average molecular weight is 342 g/mol. The lowest BCUT2D eigenvalue weighted by Crippen LogP contribution is -2.50. The summed E-state index contributed by atoms with van der Waals surface area (Å²) in [6, 6.07) is 1.85. The Kier molecular flexibility index (Phi) is 4.35. The Balaban J connectivity index is 1.97. The van der Waals surface area contributed by atoms with Gasteiger partial charge in [-0.2, -0.15) is 0 Å². The second-order valence-electron chi connectivity index (χ2n) is 7.95. The molecular formula is C20H26N2O3. The van der Waals surface area contributed by atoms with Crippen LogP contribution >= 0.6 is 0 Å². The minimum atomic E-state index is -0.510. The number of aromatic nitrogens is 1. The number of nitrogens with zero attached hydrogens (tertiary/aromatic N) is 2. The summed E-state index contributed by atoms with van der Waals surface area (Å²) in [6.45, 7) is 15.1. The van der Waals surface area contributed by atoms with Crippen molar-refractivity contribution in [2.45, 2.75) is 45.3 Å². The fourth-order valence-corrected chi connectivity index (χ4v) is 3.94. The molecular weight excluding hydrogens is 316 g/mol. The first kappa shape index (κ1) is 17.5. The predicted molar refractivity (Wildman–Crippen MR) is 99.5 cm³/mol. The smallest absolute Gasteiger partial charge is 0.410 e. The summed E-state index contributed by atoms with van der Waals surface area (Å²) in [7, 11) is 0. The summed E-state index contributed by atoms with van der Waals surface area (Å²) >= 11 is 0. The fourth-order valence-electron chi connectivity index (χ4n) is 3.94. The van der Waals surface area contributed by atoms with Crippen LogP contribution in [0.5, 0.6) is 0 Å². The van der Waals surface area contributed by atoms with Gasteiger partial charge in [-0.25, -0.2) is 4.79 Å². The van der Waals surface area contributed by atoms with Crippen LogP contribution in [0.1, 0.15) is 49.9 Å². The van der Waals surface area contributed by atoms with Crippen molar-refractivity contribution in [3.63, 3.8) is 0 Å². The fraction of sp³-hybridized carbons (Fsp3) is 0.500. The number of carbonyl (C=O) groups is 1. The summed E-state index contributed by atoms with van der Waals surface area (Å²) in [4.78, 5) is 27.0. The quantitative estimate of drug-likeness (QED) is 0.827. The molecule has 2 aliphatic rings. The van der Waals surface area contributed by atoms with Crippen LogP contribution < -0.4 is 5.56 Å². The topological polar surface area (TPSA) is 51.5 Å². The van der Waals surface area contributed by atoms with E-state index in [1.165, 1.54) is 0 Å². The average Bonchev–Trinajstić information content (AvgIpc) is 2.54. The third kappa shape index (κ3) is 3.28. The predicted octanol–water partition coefficient (Wildman–Crippen LogP) is 3.49. The van der Waals surface area contributed by atoms with E-state index >= 15 is 0 Å². The number of hydrogen-bond acceptors (Lipinski definition) is 3. The number of fused-ring (bicyclic) bond motifs is 4. The molecule has 134 valence electrons. The zero-order chi connectivity index (χ0) is 18.4. The molecule has 3 rings (SSSR count). The highest BCUT2D eigenvalue weighted by molar-refractivity contribution is 5.68. The van der Waals surface area contributed by atoms with Crippen LogP contribution in [0.3, 0.4) is 0 Å². The highest BCUT2D eigenvalue weighted by Crippen LogP contribution is 2.37. The second kappa shape index (κ2) is 6.21. The van der Waals surface area contributed by atoms with Gasteiger partial charge in [0.2, 0.25) is 0 Å². The van der Waals surface area contributed by atoms with Gasteiger partial charge in [0.15, 0.2) is 0 Å². The van der Waals surface area contributed by atoms with E-state index in [2.05, 4.69) is 13.2 Å².